The normalized spacial score (nSPS) is 11.4. The molecule has 0 atom stereocenters. The van der Waals surface area contributed by atoms with Crippen molar-refractivity contribution in [3.05, 3.63) is 0 Å². The van der Waals surface area contributed by atoms with Gasteiger partial charge in [-0.15, -0.1) is 0 Å². The van der Waals surface area contributed by atoms with Crippen molar-refractivity contribution in [2.24, 2.45) is 5.41 Å². The molecule has 0 fully saturated rings. The number of hydrogen-bond acceptors (Lipinski definition) is 3. The van der Waals surface area contributed by atoms with Crippen LogP contribution in [-0.4, -0.2) is 30.8 Å². The Morgan fingerprint density at radius 1 is 1.43 bits per heavy atom. The first-order valence-electron chi connectivity index (χ1n) is 4.92. The summed E-state index contributed by atoms with van der Waals surface area (Å²) in [6.07, 6.45) is 1.09. The van der Waals surface area contributed by atoms with Gasteiger partial charge in [0.05, 0.1) is 19.0 Å². The van der Waals surface area contributed by atoms with E-state index >= 15 is 0 Å². The summed E-state index contributed by atoms with van der Waals surface area (Å²) in [6.45, 7) is 7.83. The van der Waals surface area contributed by atoms with E-state index in [1.807, 2.05) is 18.0 Å². The third-order valence-electron chi connectivity index (χ3n) is 1.97. The molecule has 0 amide bonds. The van der Waals surface area contributed by atoms with Crippen LogP contribution in [0.15, 0.2) is 0 Å². The zero-order valence-electron chi connectivity index (χ0n) is 9.63. The van der Waals surface area contributed by atoms with Gasteiger partial charge in [0.2, 0.25) is 0 Å². The van der Waals surface area contributed by atoms with E-state index in [0.717, 1.165) is 13.0 Å². The standard InChI is InChI=1S/C11H20N2O/c1-11(2,3)6-8-13(4)9-10(14)5-7-12/h5-6,8-9H2,1-4H3. The lowest BCUT2D eigenvalue weighted by atomic mass is 9.92. The highest BCUT2D eigenvalue weighted by Crippen LogP contribution is 2.18. The third kappa shape index (κ3) is 7.75. The summed E-state index contributed by atoms with van der Waals surface area (Å²) in [5.41, 5.74) is 0.298. The van der Waals surface area contributed by atoms with Crippen molar-refractivity contribution >= 4 is 5.78 Å². The topological polar surface area (TPSA) is 44.1 Å². The first kappa shape index (κ1) is 13.1. The van der Waals surface area contributed by atoms with Crippen molar-refractivity contribution in [3.8, 4) is 6.07 Å². The van der Waals surface area contributed by atoms with Crippen molar-refractivity contribution in [1.82, 2.24) is 4.90 Å². The molecule has 0 spiro atoms. The lowest BCUT2D eigenvalue weighted by Crippen LogP contribution is -2.28. The largest absolute Gasteiger partial charge is 0.299 e. The number of ketones is 1. The summed E-state index contributed by atoms with van der Waals surface area (Å²) in [4.78, 5) is 13.1. The highest BCUT2D eigenvalue weighted by Gasteiger charge is 2.12. The van der Waals surface area contributed by atoms with Gasteiger partial charge in [-0.1, -0.05) is 20.8 Å². The molecular formula is C11H20N2O. The van der Waals surface area contributed by atoms with Gasteiger partial charge in [0.1, 0.15) is 0 Å². The number of hydrogen-bond donors (Lipinski definition) is 0. The third-order valence-corrected chi connectivity index (χ3v) is 1.97. The highest BCUT2D eigenvalue weighted by atomic mass is 16.1. The predicted molar refractivity (Wildman–Crippen MR) is 56.8 cm³/mol. The Hall–Kier alpha value is -0.880. The molecule has 0 bridgehead atoms. The average molecular weight is 196 g/mol. The Morgan fingerprint density at radius 2 is 2.00 bits per heavy atom. The van der Waals surface area contributed by atoms with Gasteiger partial charge < -0.3 is 0 Å². The van der Waals surface area contributed by atoms with Crippen molar-refractivity contribution in [3.63, 3.8) is 0 Å². The summed E-state index contributed by atoms with van der Waals surface area (Å²) in [5.74, 6) is 0.00362. The number of carbonyl (C=O) groups is 1. The number of nitrogens with zero attached hydrogens (tertiary/aromatic N) is 2. The maximum absolute atomic E-state index is 11.1. The van der Waals surface area contributed by atoms with E-state index in [4.69, 9.17) is 5.26 Å². The maximum Gasteiger partial charge on any atom is 0.160 e. The molecule has 0 radical (unpaired) electrons. The van der Waals surface area contributed by atoms with E-state index in [0.29, 0.717) is 12.0 Å². The van der Waals surface area contributed by atoms with Crippen LogP contribution in [-0.2, 0) is 4.79 Å². The fourth-order valence-corrected chi connectivity index (χ4v) is 1.05. The molecule has 80 valence electrons. The monoisotopic (exact) mass is 196 g/mol. The van der Waals surface area contributed by atoms with Gasteiger partial charge in [-0.2, -0.15) is 5.26 Å². The molecule has 0 aliphatic rings. The number of Topliss-reactive ketones (excluding diaryl/α,β-unsaturated/α-hetero) is 1. The summed E-state index contributed by atoms with van der Waals surface area (Å²) in [6, 6.07) is 1.87. The maximum atomic E-state index is 11.1. The second kappa shape index (κ2) is 5.77. The molecule has 3 nitrogen and oxygen atoms in total. The van der Waals surface area contributed by atoms with Crippen molar-refractivity contribution < 1.29 is 4.79 Å². The van der Waals surface area contributed by atoms with E-state index in [2.05, 4.69) is 20.8 Å². The fraction of sp³-hybridized carbons (Fsp3) is 0.818. The van der Waals surface area contributed by atoms with E-state index in [1.54, 1.807) is 0 Å². The van der Waals surface area contributed by atoms with Crippen LogP contribution in [0.25, 0.3) is 0 Å². The molecular weight excluding hydrogens is 176 g/mol. The second-order valence-electron chi connectivity index (χ2n) is 4.92. The smallest absolute Gasteiger partial charge is 0.160 e. The molecule has 14 heavy (non-hydrogen) atoms. The van der Waals surface area contributed by atoms with Gasteiger partial charge >= 0.3 is 0 Å². The van der Waals surface area contributed by atoms with Gasteiger partial charge in [-0.25, -0.2) is 0 Å². The highest BCUT2D eigenvalue weighted by molar-refractivity contribution is 5.82. The minimum Gasteiger partial charge on any atom is -0.299 e. The van der Waals surface area contributed by atoms with Gasteiger partial charge in [0, 0.05) is 0 Å². The molecule has 0 aliphatic carbocycles. The van der Waals surface area contributed by atoms with E-state index < -0.39 is 0 Å². The zero-order valence-corrected chi connectivity index (χ0v) is 9.63. The van der Waals surface area contributed by atoms with Crippen LogP contribution in [0.4, 0.5) is 0 Å². The summed E-state index contributed by atoms with van der Waals surface area (Å²) >= 11 is 0. The van der Waals surface area contributed by atoms with Crippen LogP contribution < -0.4 is 0 Å². The molecule has 0 rings (SSSR count). The zero-order chi connectivity index (χ0) is 11.2. The lowest BCUT2D eigenvalue weighted by Gasteiger charge is -2.22. The lowest BCUT2D eigenvalue weighted by molar-refractivity contribution is -0.119. The van der Waals surface area contributed by atoms with Crippen molar-refractivity contribution in [2.45, 2.75) is 33.6 Å². The minimum atomic E-state index is 0.00362. The van der Waals surface area contributed by atoms with Crippen LogP contribution >= 0.6 is 0 Å². The number of carbonyl (C=O) groups excluding carboxylic acids is 1. The van der Waals surface area contributed by atoms with Gasteiger partial charge in [-0.05, 0) is 25.4 Å². The molecule has 0 aromatic heterocycles. The molecule has 0 saturated heterocycles. The summed E-state index contributed by atoms with van der Waals surface area (Å²) in [7, 11) is 1.92. The minimum absolute atomic E-state index is 0.00362. The quantitative estimate of drug-likeness (QED) is 0.674. The molecule has 0 aromatic carbocycles. The van der Waals surface area contributed by atoms with Gasteiger partial charge in [0.25, 0.3) is 0 Å². The Kier molecular flexibility index (Phi) is 5.40. The number of rotatable bonds is 5. The van der Waals surface area contributed by atoms with E-state index in [1.165, 1.54) is 0 Å². The van der Waals surface area contributed by atoms with Crippen LogP contribution in [0, 0.1) is 16.7 Å². The Labute approximate surface area is 86.7 Å². The second-order valence-corrected chi connectivity index (χ2v) is 4.92. The van der Waals surface area contributed by atoms with Crippen LogP contribution in [0.3, 0.4) is 0 Å². The van der Waals surface area contributed by atoms with Gasteiger partial charge in [0.15, 0.2) is 5.78 Å². The van der Waals surface area contributed by atoms with Crippen molar-refractivity contribution in [1.29, 1.82) is 5.26 Å². The predicted octanol–water partition coefficient (Wildman–Crippen LogP) is 1.84. The first-order chi connectivity index (χ1) is 6.35. The summed E-state index contributed by atoms with van der Waals surface area (Å²) < 4.78 is 0. The number of likely N-dealkylation sites (N-methyl/N-ethyl adjacent to an activating group) is 1. The number of nitriles is 1. The Balaban J connectivity index is 3.72. The van der Waals surface area contributed by atoms with Crippen LogP contribution in [0.1, 0.15) is 33.6 Å². The average Bonchev–Trinajstić information content (AvgIpc) is 2.00. The molecule has 0 unspecified atom stereocenters. The first-order valence-corrected chi connectivity index (χ1v) is 4.92. The Morgan fingerprint density at radius 3 is 2.43 bits per heavy atom. The van der Waals surface area contributed by atoms with Crippen LogP contribution in [0.5, 0.6) is 0 Å². The van der Waals surface area contributed by atoms with Crippen molar-refractivity contribution in [2.75, 3.05) is 20.1 Å². The SMILES string of the molecule is CN(CCC(C)(C)C)CC(=O)CC#N. The summed E-state index contributed by atoms with van der Waals surface area (Å²) in [5, 5.41) is 8.32. The molecule has 0 aliphatic heterocycles. The molecule has 0 aromatic rings. The molecule has 0 heterocycles. The van der Waals surface area contributed by atoms with Crippen LogP contribution in [0.2, 0.25) is 0 Å². The Bertz CT molecular complexity index is 222. The fourth-order valence-electron chi connectivity index (χ4n) is 1.05. The molecule has 0 N–H and O–H groups in total. The molecule has 0 saturated carbocycles. The van der Waals surface area contributed by atoms with E-state index in [9.17, 15) is 4.79 Å². The molecule has 3 heteroatoms. The van der Waals surface area contributed by atoms with Gasteiger partial charge in [-0.3, -0.25) is 9.69 Å². The van der Waals surface area contributed by atoms with E-state index in [-0.39, 0.29) is 12.2 Å².